The molecular weight excluding hydrogens is 553 g/mol. The summed E-state index contributed by atoms with van der Waals surface area (Å²) < 4.78 is 42.8. The first-order valence-corrected chi connectivity index (χ1v) is 14.4. The van der Waals surface area contributed by atoms with Crippen molar-refractivity contribution in [3.63, 3.8) is 0 Å². The second-order valence-corrected chi connectivity index (χ2v) is 11.5. The summed E-state index contributed by atoms with van der Waals surface area (Å²) in [6.07, 6.45) is 4.84. The highest BCUT2D eigenvalue weighted by atomic mass is 35.5. The Kier molecular flexibility index (Phi) is 8.34. The lowest BCUT2D eigenvalue weighted by atomic mass is 10.0. The Bertz CT molecular complexity index is 1610. The van der Waals surface area contributed by atoms with Crippen molar-refractivity contribution in [2.75, 3.05) is 18.7 Å². The maximum absolute atomic E-state index is 13.7. The summed E-state index contributed by atoms with van der Waals surface area (Å²) in [5.41, 5.74) is 6.31. The van der Waals surface area contributed by atoms with Gasteiger partial charge in [0.25, 0.3) is 5.56 Å². The number of ether oxygens (including phenoxy) is 1. The van der Waals surface area contributed by atoms with Gasteiger partial charge in [-0.3, -0.25) is 18.9 Å². The summed E-state index contributed by atoms with van der Waals surface area (Å²) in [4.78, 5) is 34.4. The number of anilines is 1. The van der Waals surface area contributed by atoms with Crippen LogP contribution in [0.1, 0.15) is 48.7 Å². The molecule has 5 rings (SSSR count). The zero-order valence-corrected chi connectivity index (χ0v) is 22.5. The third kappa shape index (κ3) is 6.68. The SMILES string of the molecule is Nc1nc2c(ncn2CCOCP(=O)(OCc2cccc(Cl)c2)OCc2oc(=O)oc2C2CCCC2)c(=O)[nH]1. The van der Waals surface area contributed by atoms with Crippen molar-refractivity contribution < 1.29 is 27.2 Å². The molecule has 4 aromatic rings. The third-order valence-corrected chi connectivity index (χ3v) is 8.11. The van der Waals surface area contributed by atoms with Crippen LogP contribution in [0, 0.1) is 0 Å². The highest BCUT2D eigenvalue weighted by Crippen LogP contribution is 2.50. The Morgan fingerprint density at radius 3 is 2.77 bits per heavy atom. The van der Waals surface area contributed by atoms with Crippen LogP contribution in [0.25, 0.3) is 11.2 Å². The number of halogens is 1. The monoisotopic (exact) mass is 579 g/mol. The van der Waals surface area contributed by atoms with E-state index in [4.69, 9.17) is 40.0 Å². The molecule has 1 saturated carbocycles. The van der Waals surface area contributed by atoms with Gasteiger partial charge in [-0.05, 0) is 30.5 Å². The Hall–Kier alpha value is -3.22. The van der Waals surface area contributed by atoms with Crippen molar-refractivity contribution in [2.45, 2.75) is 51.4 Å². The standard InChI is InChI=1S/C24H27ClN5O8P/c25-17-7-3-4-15(10-17)11-35-39(33,36-12-18-20(38-24(32)37-18)16-5-1-2-6-16)14-34-9-8-30-13-27-19-21(30)28-23(26)29-22(19)31/h3-4,7,10,13,16H,1-2,5-6,8-9,11-12,14H2,(H3,26,28,29,31). The maximum Gasteiger partial charge on any atom is 0.519 e. The number of imidazole rings is 1. The van der Waals surface area contributed by atoms with Crippen LogP contribution in [0.2, 0.25) is 5.02 Å². The fourth-order valence-corrected chi connectivity index (χ4v) is 5.91. The summed E-state index contributed by atoms with van der Waals surface area (Å²) in [6.45, 7) is -0.0268. The Morgan fingerprint density at radius 1 is 1.18 bits per heavy atom. The number of hydrogen-bond acceptors (Lipinski definition) is 11. The lowest BCUT2D eigenvalue weighted by molar-refractivity contribution is 0.114. The second-order valence-electron chi connectivity index (χ2n) is 9.11. The first-order valence-electron chi connectivity index (χ1n) is 12.3. The summed E-state index contributed by atoms with van der Waals surface area (Å²) in [6, 6.07) is 6.92. The van der Waals surface area contributed by atoms with Crippen LogP contribution in [0.5, 0.6) is 0 Å². The molecule has 0 aliphatic heterocycles. The van der Waals surface area contributed by atoms with Crippen molar-refractivity contribution in [3.8, 4) is 0 Å². The van der Waals surface area contributed by atoms with Crippen LogP contribution in [0.15, 0.2) is 49.0 Å². The number of nitrogens with zero attached hydrogens (tertiary/aromatic N) is 3. The lowest BCUT2D eigenvalue weighted by Gasteiger charge is -2.19. The summed E-state index contributed by atoms with van der Waals surface area (Å²) in [7, 11) is -3.86. The largest absolute Gasteiger partial charge is 0.519 e. The number of nitrogens with two attached hydrogens (primary N) is 1. The van der Waals surface area contributed by atoms with E-state index in [0.717, 1.165) is 25.7 Å². The average Bonchev–Trinajstić information content (AvgIpc) is 3.65. The Morgan fingerprint density at radius 2 is 1.97 bits per heavy atom. The molecule has 0 spiro atoms. The quantitative estimate of drug-likeness (QED) is 0.182. The maximum atomic E-state index is 13.7. The van der Waals surface area contributed by atoms with E-state index in [2.05, 4.69) is 15.0 Å². The van der Waals surface area contributed by atoms with Crippen molar-refractivity contribution in [1.29, 1.82) is 0 Å². The molecule has 208 valence electrons. The third-order valence-electron chi connectivity index (χ3n) is 6.33. The Balaban J connectivity index is 1.26. The first kappa shape index (κ1) is 27.4. The molecule has 3 N–H and O–H groups in total. The zero-order valence-electron chi connectivity index (χ0n) is 20.8. The number of H-pyrrole nitrogens is 1. The molecular formula is C24H27ClN5O8P. The van der Waals surface area contributed by atoms with E-state index in [0.29, 0.717) is 22.0 Å². The normalized spacial score (nSPS) is 15.7. The number of fused-ring (bicyclic) bond motifs is 1. The first-order chi connectivity index (χ1) is 18.8. The van der Waals surface area contributed by atoms with Crippen molar-refractivity contribution in [3.05, 3.63) is 73.7 Å². The molecule has 39 heavy (non-hydrogen) atoms. The zero-order chi connectivity index (χ0) is 27.4. The molecule has 3 heterocycles. The van der Waals surface area contributed by atoms with E-state index >= 15 is 0 Å². The van der Waals surface area contributed by atoms with Crippen molar-refractivity contribution in [2.24, 2.45) is 0 Å². The predicted molar refractivity (Wildman–Crippen MR) is 140 cm³/mol. The minimum atomic E-state index is -3.86. The number of aromatic amines is 1. The van der Waals surface area contributed by atoms with Crippen LogP contribution in [-0.2, 0) is 38.1 Å². The number of hydrogen-bond donors (Lipinski definition) is 2. The van der Waals surface area contributed by atoms with Crippen LogP contribution in [0.4, 0.5) is 5.95 Å². The van der Waals surface area contributed by atoms with Crippen molar-refractivity contribution in [1.82, 2.24) is 19.5 Å². The van der Waals surface area contributed by atoms with Gasteiger partial charge in [0.1, 0.15) is 13.0 Å². The van der Waals surface area contributed by atoms with Gasteiger partial charge in [-0.2, -0.15) is 4.98 Å². The van der Waals surface area contributed by atoms with Crippen LogP contribution in [0.3, 0.4) is 0 Å². The van der Waals surface area contributed by atoms with Crippen LogP contribution < -0.4 is 17.1 Å². The van der Waals surface area contributed by atoms with Gasteiger partial charge in [0.2, 0.25) is 5.95 Å². The molecule has 1 aliphatic rings. The van der Waals surface area contributed by atoms with Crippen LogP contribution in [-0.4, -0.2) is 32.5 Å². The molecule has 1 unspecified atom stereocenters. The van der Waals surface area contributed by atoms with E-state index < -0.39 is 25.3 Å². The van der Waals surface area contributed by atoms with Crippen LogP contribution >= 0.6 is 19.2 Å². The molecule has 0 saturated heterocycles. The molecule has 0 radical (unpaired) electrons. The molecule has 13 nitrogen and oxygen atoms in total. The number of benzene rings is 1. The van der Waals surface area contributed by atoms with Gasteiger partial charge in [0.15, 0.2) is 22.7 Å². The minimum absolute atomic E-state index is 0.0367. The molecule has 1 aliphatic carbocycles. The van der Waals surface area contributed by atoms with Crippen molar-refractivity contribution >= 4 is 36.3 Å². The lowest BCUT2D eigenvalue weighted by Crippen LogP contribution is -2.13. The van der Waals surface area contributed by atoms with E-state index in [1.165, 1.54) is 6.33 Å². The van der Waals surface area contributed by atoms with E-state index in [1.54, 1.807) is 28.8 Å². The second kappa shape index (κ2) is 11.9. The number of nitrogens with one attached hydrogen (secondary N) is 1. The fraction of sp³-hybridized carbons (Fsp3) is 0.417. The van der Waals surface area contributed by atoms with Gasteiger partial charge >= 0.3 is 13.4 Å². The number of nitrogen functional groups attached to an aromatic ring is 1. The average molecular weight is 580 g/mol. The summed E-state index contributed by atoms with van der Waals surface area (Å²) in [5, 5.41) is 0.505. The van der Waals surface area contributed by atoms with Gasteiger partial charge in [-0.1, -0.05) is 36.6 Å². The summed E-state index contributed by atoms with van der Waals surface area (Å²) in [5.74, 6) is -0.198. The topological polar surface area (TPSA) is 178 Å². The number of rotatable bonds is 12. The van der Waals surface area contributed by atoms with Gasteiger partial charge in [-0.25, -0.2) is 9.78 Å². The van der Waals surface area contributed by atoms with Gasteiger partial charge < -0.3 is 28.4 Å². The molecule has 1 atom stereocenters. The molecule has 1 fully saturated rings. The molecule has 1 aromatic carbocycles. The summed E-state index contributed by atoms with van der Waals surface area (Å²) >= 11 is 6.06. The minimum Gasteiger partial charge on any atom is -0.395 e. The smallest absolute Gasteiger partial charge is 0.395 e. The fourth-order valence-electron chi connectivity index (χ4n) is 4.46. The van der Waals surface area contributed by atoms with Gasteiger partial charge in [0.05, 0.1) is 19.5 Å². The van der Waals surface area contributed by atoms with Gasteiger partial charge in [0, 0.05) is 17.5 Å². The Labute approximate surface area is 226 Å². The molecule has 15 heteroatoms. The van der Waals surface area contributed by atoms with E-state index in [1.807, 2.05) is 0 Å². The number of aromatic nitrogens is 4. The van der Waals surface area contributed by atoms with E-state index in [9.17, 15) is 14.2 Å². The molecule has 3 aromatic heterocycles. The highest BCUT2D eigenvalue weighted by molar-refractivity contribution is 7.53. The molecule has 0 amide bonds. The van der Waals surface area contributed by atoms with Gasteiger partial charge in [-0.15, -0.1) is 0 Å². The van der Waals surface area contributed by atoms with E-state index in [-0.39, 0.29) is 49.5 Å². The highest BCUT2D eigenvalue weighted by Gasteiger charge is 2.30. The molecule has 0 bridgehead atoms. The predicted octanol–water partition coefficient (Wildman–Crippen LogP) is 4.16.